The summed E-state index contributed by atoms with van der Waals surface area (Å²) in [6.45, 7) is 1.42. The molecule has 0 radical (unpaired) electrons. The molecular weight excluding hydrogens is 372 g/mol. The molecule has 6 heteroatoms. The number of rotatable bonds is 4. The maximum absolute atomic E-state index is 12.5. The van der Waals surface area contributed by atoms with Crippen LogP contribution in [0.5, 0.6) is 0 Å². The monoisotopic (exact) mass is 392 g/mol. The van der Waals surface area contributed by atoms with Gasteiger partial charge in [-0.1, -0.05) is 29.8 Å². The van der Waals surface area contributed by atoms with Gasteiger partial charge in [0.2, 0.25) is 0 Å². The van der Waals surface area contributed by atoms with Gasteiger partial charge in [0.15, 0.2) is 0 Å². The Morgan fingerprint density at radius 3 is 2.57 bits per heavy atom. The van der Waals surface area contributed by atoms with Crippen molar-refractivity contribution < 1.29 is 4.79 Å². The highest BCUT2D eigenvalue weighted by Gasteiger charge is 2.26. The van der Waals surface area contributed by atoms with Gasteiger partial charge in [-0.05, 0) is 42.7 Å². The molecule has 1 aliphatic heterocycles. The number of nitrogens with zero attached hydrogens (tertiary/aromatic N) is 4. The zero-order valence-corrected chi connectivity index (χ0v) is 16.2. The van der Waals surface area contributed by atoms with Crippen LogP contribution in [0.1, 0.15) is 46.2 Å². The number of halogens is 1. The van der Waals surface area contributed by atoms with Gasteiger partial charge in [0, 0.05) is 54.2 Å². The molecule has 0 saturated carbocycles. The first-order chi connectivity index (χ1) is 13.7. The summed E-state index contributed by atoms with van der Waals surface area (Å²) in [7, 11) is 0. The van der Waals surface area contributed by atoms with Crippen LogP contribution in [0.4, 0.5) is 0 Å². The van der Waals surface area contributed by atoms with Gasteiger partial charge in [-0.15, -0.1) is 0 Å². The fourth-order valence-corrected chi connectivity index (χ4v) is 3.71. The molecule has 3 aromatic rings. The Bertz CT molecular complexity index is 938. The summed E-state index contributed by atoms with van der Waals surface area (Å²) in [6.07, 6.45) is 7.25. The first-order valence-corrected chi connectivity index (χ1v) is 9.82. The van der Waals surface area contributed by atoms with E-state index in [2.05, 4.69) is 28.2 Å². The number of likely N-dealkylation sites (tertiary alicyclic amines) is 1. The van der Waals surface area contributed by atoms with Crippen LogP contribution >= 0.6 is 11.6 Å². The Morgan fingerprint density at radius 1 is 1.07 bits per heavy atom. The molecule has 0 unspecified atom stereocenters. The Balaban J connectivity index is 1.39. The Morgan fingerprint density at radius 2 is 1.86 bits per heavy atom. The molecule has 1 saturated heterocycles. The van der Waals surface area contributed by atoms with E-state index in [1.54, 1.807) is 12.4 Å². The smallest absolute Gasteiger partial charge is 0.274 e. The molecule has 1 amide bonds. The third-order valence-electron chi connectivity index (χ3n) is 5.11. The number of pyridine rings is 1. The van der Waals surface area contributed by atoms with Crippen molar-refractivity contribution >= 4 is 17.5 Å². The van der Waals surface area contributed by atoms with Crippen LogP contribution in [0.3, 0.4) is 0 Å². The van der Waals surface area contributed by atoms with Gasteiger partial charge >= 0.3 is 0 Å². The molecule has 0 spiro atoms. The highest BCUT2D eigenvalue weighted by Crippen LogP contribution is 2.27. The van der Waals surface area contributed by atoms with Crippen molar-refractivity contribution in [3.63, 3.8) is 0 Å². The minimum atomic E-state index is -0.0454. The molecule has 0 bridgehead atoms. The van der Waals surface area contributed by atoms with Crippen LogP contribution in [0.25, 0.3) is 0 Å². The Hall–Kier alpha value is -2.79. The summed E-state index contributed by atoms with van der Waals surface area (Å²) in [4.78, 5) is 27.4. The topological polar surface area (TPSA) is 59.0 Å². The number of benzene rings is 1. The summed E-state index contributed by atoms with van der Waals surface area (Å²) < 4.78 is 0. The van der Waals surface area contributed by atoms with Gasteiger partial charge < -0.3 is 4.90 Å². The first kappa shape index (κ1) is 18.6. The molecule has 28 heavy (non-hydrogen) atoms. The molecule has 142 valence electrons. The van der Waals surface area contributed by atoms with Crippen molar-refractivity contribution in [2.75, 3.05) is 13.1 Å². The SMILES string of the molecule is O=C(c1cnccn1)N1CCC(c2cccc(Cc3ccc(Cl)cc3)n2)CC1. The van der Waals surface area contributed by atoms with E-state index in [0.717, 1.165) is 35.7 Å². The summed E-state index contributed by atoms with van der Waals surface area (Å²) in [5.74, 6) is 0.326. The normalized spacial score (nSPS) is 14.8. The second kappa shape index (κ2) is 8.48. The number of piperidine rings is 1. The summed E-state index contributed by atoms with van der Waals surface area (Å²) >= 11 is 5.96. The quantitative estimate of drug-likeness (QED) is 0.669. The van der Waals surface area contributed by atoms with E-state index in [1.807, 2.05) is 29.2 Å². The van der Waals surface area contributed by atoms with Crippen LogP contribution in [-0.2, 0) is 6.42 Å². The molecule has 1 aliphatic rings. The largest absolute Gasteiger partial charge is 0.337 e. The molecule has 5 nitrogen and oxygen atoms in total. The molecule has 3 heterocycles. The van der Waals surface area contributed by atoms with Crippen molar-refractivity contribution in [2.24, 2.45) is 0 Å². The van der Waals surface area contributed by atoms with Crippen LogP contribution in [0.2, 0.25) is 5.02 Å². The zero-order chi connectivity index (χ0) is 19.3. The van der Waals surface area contributed by atoms with Gasteiger partial charge in [-0.3, -0.25) is 14.8 Å². The Labute approximate surface area is 169 Å². The van der Waals surface area contributed by atoms with Gasteiger partial charge in [-0.2, -0.15) is 0 Å². The standard InChI is InChI=1S/C22H21ClN4O/c23-18-6-4-16(5-7-18)14-19-2-1-3-20(26-19)17-8-12-27(13-9-17)22(28)21-15-24-10-11-25-21/h1-7,10-11,15,17H,8-9,12-14H2. The highest BCUT2D eigenvalue weighted by atomic mass is 35.5. The van der Waals surface area contributed by atoms with E-state index in [0.29, 0.717) is 24.7 Å². The Kier molecular flexibility index (Phi) is 5.63. The number of hydrogen-bond donors (Lipinski definition) is 0. The minimum Gasteiger partial charge on any atom is -0.337 e. The van der Waals surface area contributed by atoms with E-state index >= 15 is 0 Å². The highest BCUT2D eigenvalue weighted by molar-refractivity contribution is 6.30. The third kappa shape index (κ3) is 4.37. The average molecular weight is 393 g/mol. The van der Waals surface area contributed by atoms with E-state index < -0.39 is 0 Å². The average Bonchev–Trinajstić information content (AvgIpc) is 2.76. The van der Waals surface area contributed by atoms with Crippen molar-refractivity contribution in [3.05, 3.63) is 88.7 Å². The van der Waals surface area contributed by atoms with E-state index in [-0.39, 0.29) is 5.91 Å². The maximum Gasteiger partial charge on any atom is 0.274 e. The molecular formula is C22H21ClN4O. The van der Waals surface area contributed by atoms with Crippen molar-refractivity contribution in [2.45, 2.75) is 25.2 Å². The van der Waals surface area contributed by atoms with Crippen LogP contribution < -0.4 is 0 Å². The number of aromatic nitrogens is 3. The first-order valence-electron chi connectivity index (χ1n) is 9.44. The molecule has 0 aliphatic carbocycles. The minimum absolute atomic E-state index is 0.0454. The van der Waals surface area contributed by atoms with Crippen molar-refractivity contribution in [1.82, 2.24) is 19.9 Å². The summed E-state index contributed by atoms with van der Waals surface area (Å²) in [5, 5.41) is 0.744. The van der Waals surface area contributed by atoms with Crippen molar-refractivity contribution in [3.8, 4) is 0 Å². The molecule has 1 aromatic carbocycles. The van der Waals surface area contributed by atoms with Gasteiger partial charge in [-0.25, -0.2) is 4.98 Å². The summed E-state index contributed by atoms with van der Waals surface area (Å²) in [6, 6.07) is 14.1. The lowest BCUT2D eigenvalue weighted by Gasteiger charge is -2.31. The lowest BCUT2D eigenvalue weighted by molar-refractivity contribution is 0.0705. The molecule has 1 fully saturated rings. The van der Waals surface area contributed by atoms with Crippen LogP contribution in [-0.4, -0.2) is 38.8 Å². The van der Waals surface area contributed by atoms with E-state index in [9.17, 15) is 4.79 Å². The number of carbonyl (C=O) groups excluding carboxylic acids is 1. The maximum atomic E-state index is 12.5. The molecule has 0 atom stereocenters. The number of carbonyl (C=O) groups is 1. The van der Waals surface area contributed by atoms with Crippen LogP contribution in [0.15, 0.2) is 61.1 Å². The second-order valence-corrected chi connectivity index (χ2v) is 7.45. The van der Waals surface area contributed by atoms with Crippen molar-refractivity contribution in [1.29, 1.82) is 0 Å². The predicted octanol–water partition coefficient (Wildman–Crippen LogP) is 4.14. The second-order valence-electron chi connectivity index (χ2n) is 7.01. The van der Waals surface area contributed by atoms with Gasteiger partial charge in [0.1, 0.15) is 5.69 Å². The third-order valence-corrected chi connectivity index (χ3v) is 5.36. The zero-order valence-electron chi connectivity index (χ0n) is 15.5. The summed E-state index contributed by atoms with van der Waals surface area (Å²) in [5.41, 5.74) is 3.76. The van der Waals surface area contributed by atoms with Gasteiger partial charge in [0.25, 0.3) is 5.91 Å². The fourth-order valence-electron chi connectivity index (χ4n) is 3.59. The lowest BCUT2D eigenvalue weighted by Crippen LogP contribution is -2.38. The molecule has 4 rings (SSSR count). The molecule has 0 N–H and O–H groups in total. The fraction of sp³-hybridized carbons (Fsp3) is 0.273. The number of amides is 1. The van der Waals surface area contributed by atoms with E-state index in [1.165, 1.54) is 11.8 Å². The van der Waals surface area contributed by atoms with Gasteiger partial charge in [0.05, 0.1) is 6.20 Å². The van der Waals surface area contributed by atoms with Crippen LogP contribution in [0, 0.1) is 0 Å². The number of hydrogen-bond acceptors (Lipinski definition) is 4. The predicted molar refractivity (Wildman–Crippen MR) is 108 cm³/mol. The van der Waals surface area contributed by atoms with E-state index in [4.69, 9.17) is 16.6 Å². The molecule has 2 aromatic heterocycles. The lowest BCUT2D eigenvalue weighted by atomic mass is 9.92.